The minimum Gasteiger partial charge on any atom is -0.503 e. The predicted molar refractivity (Wildman–Crippen MR) is 63.8 cm³/mol. The molecule has 1 aromatic carbocycles. The molecule has 0 saturated carbocycles. The maximum Gasteiger partial charge on any atom is 0.257 e. The minimum absolute atomic E-state index is 0.0582. The van der Waals surface area contributed by atoms with Crippen molar-refractivity contribution < 1.29 is 23.1 Å². The number of nitrogens with zero attached hydrogens (tertiary/aromatic N) is 1. The zero-order chi connectivity index (χ0) is 14.4. The Labute approximate surface area is 113 Å². The molecule has 0 spiro atoms. The normalized spacial score (nSPS) is 25.1. The highest BCUT2D eigenvalue weighted by Gasteiger charge is 2.41. The zero-order valence-corrected chi connectivity index (χ0v) is 10.5. The van der Waals surface area contributed by atoms with Gasteiger partial charge >= 0.3 is 0 Å². The number of benzene rings is 1. The zero-order valence-electron chi connectivity index (χ0n) is 10.5. The second-order valence-electron chi connectivity index (χ2n) is 5.16. The van der Waals surface area contributed by atoms with Gasteiger partial charge in [-0.05, 0) is 18.4 Å². The van der Waals surface area contributed by atoms with Crippen LogP contribution in [0.2, 0.25) is 0 Å². The minimum atomic E-state index is -1.68. The quantitative estimate of drug-likeness (QED) is 0.764. The largest absolute Gasteiger partial charge is 0.503 e. The lowest BCUT2D eigenvalue weighted by Crippen LogP contribution is -2.39. The summed E-state index contributed by atoms with van der Waals surface area (Å²) in [6.07, 6.45) is 0.792. The summed E-state index contributed by atoms with van der Waals surface area (Å²) in [4.78, 5) is 13.7. The summed E-state index contributed by atoms with van der Waals surface area (Å²) in [7, 11) is 0. The molecule has 2 heterocycles. The predicted octanol–water partition coefficient (Wildman–Crippen LogP) is 1.24. The summed E-state index contributed by atoms with van der Waals surface area (Å²) >= 11 is 0. The molecule has 0 bridgehead atoms. The Morgan fingerprint density at radius 1 is 1.30 bits per heavy atom. The molecule has 2 saturated heterocycles. The monoisotopic (exact) mass is 286 g/mol. The van der Waals surface area contributed by atoms with E-state index in [4.69, 9.17) is 0 Å². The molecular weight excluding hydrogens is 273 g/mol. The van der Waals surface area contributed by atoms with Crippen molar-refractivity contribution in [2.75, 3.05) is 19.6 Å². The van der Waals surface area contributed by atoms with Crippen LogP contribution in [0.1, 0.15) is 16.8 Å². The van der Waals surface area contributed by atoms with Crippen molar-refractivity contribution in [3.8, 4) is 5.75 Å². The third kappa shape index (κ3) is 1.84. The van der Waals surface area contributed by atoms with Gasteiger partial charge in [-0.3, -0.25) is 4.79 Å². The number of likely N-dealkylation sites (tertiary alicyclic amines) is 1. The summed E-state index contributed by atoms with van der Waals surface area (Å²) < 4.78 is 40.0. The number of amides is 1. The molecule has 2 N–H and O–H groups in total. The Hall–Kier alpha value is -1.76. The van der Waals surface area contributed by atoms with Crippen molar-refractivity contribution in [1.82, 2.24) is 10.2 Å². The first-order chi connectivity index (χ1) is 9.50. The maximum atomic E-state index is 13.8. The number of hydrogen-bond acceptors (Lipinski definition) is 3. The molecule has 1 amide bonds. The fraction of sp³-hybridized carbons (Fsp3) is 0.462. The van der Waals surface area contributed by atoms with Crippen LogP contribution in [0.4, 0.5) is 13.2 Å². The molecule has 0 radical (unpaired) electrons. The van der Waals surface area contributed by atoms with Crippen molar-refractivity contribution in [3.05, 3.63) is 29.1 Å². The van der Waals surface area contributed by atoms with E-state index in [1.54, 1.807) is 0 Å². The summed E-state index contributed by atoms with van der Waals surface area (Å²) in [5.74, 6) is -6.39. The fourth-order valence-corrected chi connectivity index (χ4v) is 3.00. The highest BCUT2D eigenvalue weighted by atomic mass is 19.2. The molecule has 0 unspecified atom stereocenters. The first-order valence-corrected chi connectivity index (χ1v) is 6.39. The van der Waals surface area contributed by atoms with Crippen molar-refractivity contribution in [2.24, 2.45) is 5.92 Å². The van der Waals surface area contributed by atoms with Crippen molar-refractivity contribution in [3.63, 3.8) is 0 Å². The first kappa shape index (κ1) is 13.2. The van der Waals surface area contributed by atoms with Crippen LogP contribution in [0.5, 0.6) is 5.75 Å². The number of rotatable bonds is 1. The number of nitrogens with one attached hydrogen (secondary N) is 1. The van der Waals surface area contributed by atoms with Gasteiger partial charge in [-0.25, -0.2) is 8.78 Å². The van der Waals surface area contributed by atoms with Gasteiger partial charge in [-0.2, -0.15) is 4.39 Å². The van der Waals surface area contributed by atoms with E-state index in [9.17, 15) is 23.1 Å². The molecule has 4 nitrogen and oxygen atoms in total. The van der Waals surface area contributed by atoms with E-state index in [2.05, 4.69) is 5.32 Å². The van der Waals surface area contributed by atoms with Crippen LogP contribution in [0.3, 0.4) is 0 Å². The van der Waals surface area contributed by atoms with E-state index in [0.29, 0.717) is 25.1 Å². The molecule has 2 aliphatic heterocycles. The van der Waals surface area contributed by atoms with Crippen molar-refractivity contribution in [1.29, 1.82) is 0 Å². The second-order valence-corrected chi connectivity index (χ2v) is 5.16. The van der Waals surface area contributed by atoms with Crippen LogP contribution in [-0.4, -0.2) is 41.6 Å². The number of fused-ring (bicyclic) bond motifs is 1. The average Bonchev–Trinajstić information content (AvgIpc) is 3.02. The third-order valence-corrected chi connectivity index (χ3v) is 4.07. The molecule has 0 aromatic heterocycles. The molecule has 1 aromatic rings. The lowest BCUT2D eigenvalue weighted by Gasteiger charge is -2.23. The van der Waals surface area contributed by atoms with E-state index in [1.165, 1.54) is 4.90 Å². The fourth-order valence-electron chi connectivity index (χ4n) is 3.00. The smallest absolute Gasteiger partial charge is 0.257 e. The van der Waals surface area contributed by atoms with Gasteiger partial charge in [0.15, 0.2) is 17.4 Å². The van der Waals surface area contributed by atoms with Gasteiger partial charge in [-0.1, -0.05) is 0 Å². The standard InChI is InChI=1S/C13H13F3N2O2/c14-8-3-7(10(15)12(19)11(8)16)13(20)18-2-1-6-4-17-5-9(6)18/h3,6,9,17,19H,1-2,4-5H2/t6-,9+/m0/s1. The second kappa shape index (κ2) is 4.66. The van der Waals surface area contributed by atoms with Crippen LogP contribution in [0.15, 0.2) is 6.07 Å². The molecule has 20 heavy (non-hydrogen) atoms. The molecule has 2 atom stereocenters. The van der Waals surface area contributed by atoms with E-state index in [1.807, 2.05) is 0 Å². The third-order valence-electron chi connectivity index (χ3n) is 4.07. The lowest BCUT2D eigenvalue weighted by atomic mass is 10.0. The SMILES string of the molecule is O=C(c1cc(F)c(F)c(O)c1F)N1CC[C@H]2CNC[C@H]21. The molecule has 0 aliphatic carbocycles. The Morgan fingerprint density at radius 3 is 2.80 bits per heavy atom. The van der Waals surface area contributed by atoms with Crippen LogP contribution < -0.4 is 5.32 Å². The molecule has 2 aliphatic rings. The van der Waals surface area contributed by atoms with Gasteiger partial charge in [0.1, 0.15) is 0 Å². The summed E-state index contributed by atoms with van der Waals surface area (Å²) in [5.41, 5.74) is -0.631. The Bertz CT molecular complexity index is 579. The van der Waals surface area contributed by atoms with Crippen LogP contribution in [0.25, 0.3) is 0 Å². The Balaban J connectivity index is 1.95. The Morgan fingerprint density at radius 2 is 2.05 bits per heavy atom. The molecule has 3 rings (SSSR count). The van der Waals surface area contributed by atoms with Gasteiger partial charge < -0.3 is 15.3 Å². The number of phenols is 1. The van der Waals surface area contributed by atoms with Crippen molar-refractivity contribution in [2.45, 2.75) is 12.5 Å². The number of carbonyl (C=O) groups excluding carboxylic acids is 1. The van der Waals surface area contributed by atoms with E-state index < -0.39 is 34.7 Å². The van der Waals surface area contributed by atoms with Gasteiger partial charge in [0.25, 0.3) is 5.91 Å². The van der Waals surface area contributed by atoms with Crippen LogP contribution in [0, 0.1) is 23.4 Å². The van der Waals surface area contributed by atoms with Crippen LogP contribution in [-0.2, 0) is 0 Å². The molecule has 2 fully saturated rings. The molecule has 7 heteroatoms. The first-order valence-electron chi connectivity index (χ1n) is 6.39. The Kier molecular flexibility index (Phi) is 3.08. The van der Waals surface area contributed by atoms with Gasteiger partial charge in [0.2, 0.25) is 5.82 Å². The van der Waals surface area contributed by atoms with E-state index >= 15 is 0 Å². The van der Waals surface area contributed by atoms with E-state index in [-0.39, 0.29) is 6.04 Å². The van der Waals surface area contributed by atoms with Gasteiger partial charge in [-0.15, -0.1) is 0 Å². The van der Waals surface area contributed by atoms with E-state index in [0.717, 1.165) is 13.0 Å². The van der Waals surface area contributed by atoms with Gasteiger partial charge in [0.05, 0.1) is 5.56 Å². The molecule has 108 valence electrons. The highest BCUT2D eigenvalue weighted by molar-refractivity contribution is 5.95. The summed E-state index contributed by atoms with van der Waals surface area (Å²) in [5, 5.41) is 12.3. The van der Waals surface area contributed by atoms with Crippen molar-refractivity contribution >= 4 is 5.91 Å². The summed E-state index contributed by atoms with van der Waals surface area (Å²) in [6, 6.07) is 0.444. The maximum absolute atomic E-state index is 13.8. The number of hydrogen-bond donors (Lipinski definition) is 2. The van der Waals surface area contributed by atoms with Crippen LogP contribution >= 0.6 is 0 Å². The average molecular weight is 286 g/mol. The number of carbonyl (C=O) groups is 1. The van der Waals surface area contributed by atoms with Gasteiger partial charge in [0, 0.05) is 25.7 Å². The summed E-state index contributed by atoms with van der Waals surface area (Å²) in [6.45, 7) is 1.85. The number of halogens is 3. The lowest BCUT2D eigenvalue weighted by molar-refractivity contribution is 0.0730. The number of phenolic OH excluding ortho intramolecular Hbond substituents is 1. The number of aromatic hydroxyl groups is 1. The highest BCUT2D eigenvalue weighted by Crippen LogP contribution is 2.31. The molecular formula is C13H13F3N2O2. The topological polar surface area (TPSA) is 52.6 Å².